The van der Waals surface area contributed by atoms with Gasteiger partial charge in [0.15, 0.2) is 5.82 Å². The molecule has 0 aliphatic carbocycles. The summed E-state index contributed by atoms with van der Waals surface area (Å²) in [5, 5.41) is 14.3. The van der Waals surface area contributed by atoms with Crippen molar-refractivity contribution in [2.45, 2.75) is 11.8 Å². The maximum atomic E-state index is 5.53. The molecule has 1 aromatic carbocycles. The number of nitrogens with zero attached hydrogens (tertiary/aromatic N) is 4. The number of ether oxygens (including phenoxy) is 1. The Morgan fingerprint density at radius 3 is 2.94 bits per heavy atom. The predicted octanol–water partition coefficient (Wildman–Crippen LogP) is 2.83. The molecule has 33 heavy (non-hydrogen) atoms. The second kappa shape index (κ2) is 10.9. The number of hydrogen-bond donors (Lipinski definition) is 4. The molecule has 0 spiro atoms. The van der Waals surface area contributed by atoms with Crippen LogP contribution in [0.15, 0.2) is 47.1 Å². The maximum absolute atomic E-state index is 5.53. The van der Waals surface area contributed by atoms with Gasteiger partial charge in [0.2, 0.25) is 0 Å². The Balaban J connectivity index is 1.68. The van der Waals surface area contributed by atoms with E-state index < -0.39 is 0 Å². The van der Waals surface area contributed by atoms with Gasteiger partial charge in [-0.2, -0.15) is 5.10 Å². The van der Waals surface area contributed by atoms with Gasteiger partial charge in [0, 0.05) is 43.7 Å². The van der Waals surface area contributed by atoms with Crippen LogP contribution in [0.25, 0.3) is 28.4 Å². The first kappa shape index (κ1) is 22.7. The number of benzene rings is 1. The number of aromatic nitrogens is 4. The summed E-state index contributed by atoms with van der Waals surface area (Å²) >= 11 is 4.81. The van der Waals surface area contributed by atoms with Crippen molar-refractivity contribution in [1.29, 1.82) is 0 Å². The lowest BCUT2D eigenvalue weighted by Gasteiger charge is -2.29. The average Bonchev–Trinajstić information content (AvgIpc) is 3.34. The molecule has 9 heteroatoms. The van der Waals surface area contributed by atoms with E-state index in [-0.39, 0.29) is 0 Å². The highest BCUT2D eigenvalue weighted by Crippen LogP contribution is 2.32. The molecular weight excluding hydrogens is 434 g/mol. The molecule has 1 aliphatic heterocycles. The van der Waals surface area contributed by atoms with Crippen LogP contribution in [-0.4, -0.2) is 60.1 Å². The molecule has 3 aromatic rings. The van der Waals surface area contributed by atoms with Gasteiger partial charge >= 0.3 is 0 Å². The SMILES string of the molecule is C/C=C(\C#CNC)NC/C=C/c1nc(-c2cccc3[nH]ncc23)nc(N2CCOCC2)c1S. The zero-order valence-corrected chi connectivity index (χ0v) is 19.6. The molecule has 170 valence electrons. The van der Waals surface area contributed by atoms with Crippen LogP contribution >= 0.6 is 12.6 Å². The van der Waals surface area contributed by atoms with Gasteiger partial charge < -0.3 is 20.3 Å². The van der Waals surface area contributed by atoms with Crippen molar-refractivity contribution in [3.8, 4) is 23.4 Å². The van der Waals surface area contributed by atoms with E-state index in [1.165, 1.54) is 0 Å². The molecule has 0 radical (unpaired) electrons. The van der Waals surface area contributed by atoms with Gasteiger partial charge in [-0.15, -0.1) is 12.6 Å². The quantitative estimate of drug-likeness (QED) is 0.255. The lowest BCUT2D eigenvalue weighted by molar-refractivity contribution is 0.122. The second-order valence-electron chi connectivity index (χ2n) is 7.33. The molecule has 1 saturated heterocycles. The van der Waals surface area contributed by atoms with Gasteiger partial charge in [-0.1, -0.05) is 24.3 Å². The fourth-order valence-corrected chi connectivity index (χ4v) is 3.86. The van der Waals surface area contributed by atoms with Crippen molar-refractivity contribution in [3.63, 3.8) is 0 Å². The minimum absolute atomic E-state index is 0.606. The van der Waals surface area contributed by atoms with E-state index in [1.807, 2.05) is 43.4 Å². The molecular formula is C24H27N7OS. The first-order chi connectivity index (χ1) is 16.2. The summed E-state index contributed by atoms with van der Waals surface area (Å²) in [6, 6.07) is 8.82. The van der Waals surface area contributed by atoms with Crippen LogP contribution in [0.5, 0.6) is 0 Å². The number of aromatic amines is 1. The molecule has 2 aromatic heterocycles. The molecule has 8 nitrogen and oxygen atoms in total. The molecule has 3 heterocycles. The number of nitrogens with one attached hydrogen (secondary N) is 3. The molecule has 0 amide bonds. The van der Waals surface area contributed by atoms with Crippen LogP contribution in [0.4, 0.5) is 5.82 Å². The van der Waals surface area contributed by atoms with Gasteiger partial charge in [0.25, 0.3) is 0 Å². The molecule has 0 unspecified atom stereocenters. The Hall–Kier alpha value is -3.48. The Kier molecular flexibility index (Phi) is 7.50. The predicted molar refractivity (Wildman–Crippen MR) is 135 cm³/mol. The Labute approximate surface area is 198 Å². The van der Waals surface area contributed by atoms with Crippen LogP contribution in [0.2, 0.25) is 0 Å². The first-order valence-corrected chi connectivity index (χ1v) is 11.3. The third kappa shape index (κ3) is 5.30. The summed E-state index contributed by atoms with van der Waals surface area (Å²) in [6.45, 7) is 5.41. The lowest BCUT2D eigenvalue weighted by Crippen LogP contribution is -2.37. The standard InChI is InChI=1S/C24H27N7OS/c1-3-17(9-11-25-2)26-10-5-8-21-22(33)24(31-12-14-32-15-13-31)29-23(28-21)18-6-4-7-20-19(18)16-27-30-20/h3-8,16,25-26,33H,10,12-15H2,1-2H3,(H,27,30)/b8-5+,17-3+. The van der Waals surface area contributed by atoms with E-state index in [4.69, 9.17) is 27.3 Å². The lowest BCUT2D eigenvalue weighted by atomic mass is 10.1. The van der Waals surface area contributed by atoms with E-state index in [0.717, 1.165) is 51.7 Å². The summed E-state index contributed by atoms with van der Waals surface area (Å²) in [7, 11) is 1.79. The Morgan fingerprint density at radius 1 is 1.30 bits per heavy atom. The molecule has 1 aliphatic rings. The number of rotatable bonds is 6. The molecule has 1 fully saturated rings. The highest BCUT2D eigenvalue weighted by atomic mass is 32.1. The highest BCUT2D eigenvalue weighted by molar-refractivity contribution is 7.80. The van der Waals surface area contributed by atoms with Crippen LogP contribution in [-0.2, 0) is 4.74 Å². The summed E-state index contributed by atoms with van der Waals surface area (Å²) < 4.78 is 5.53. The molecule has 3 N–H and O–H groups in total. The zero-order valence-electron chi connectivity index (χ0n) is 18.7. The van der Waals surface area contributed by atoms with Crippen LogP contribution in [0.1, 0.15) is 12.6 Å². The summed E-state index contributed by atoms with van der Waals surface area (Å²) in [5.41, 5.74) is 3.48. The van der Waals surface area contributed by atoms with Crippen molar-refractivity contribution in [1.82, 2.24) is 30.8 Å². The number of fused-ring (bicyclic) bond motifs is 1. The van der Waals surface area contributed by atoms with Crippen molar-refractivity contribution in [2.75, 3.05) is 44.8 Å². The van der Waals surface area contributed by atoms with E-state index in [0.29, 0.717) is 25.6 Å². The fraction of sp³-hybridized carbons (Fsp3) is 0.292. The smallest absolute Gasteiger partial charge is 0.162 e. The average molecular weight is 462 g/mol. The number of H-pyrrole nitrogens is 1. The van der Waals surface area contributed by atoms with Crippen LogP contribution in [0, 0.1) is 12.0 Å². The van der Waals surface area contributed by atoms with Crippen molar-refractivity contribution in [2.24, 2.45) is 0 Å². The molecule has 4 rings (SSSR count). The van der Waals surface area contributed by atoms with Crippen LogP contribution < -0.4 is 15.5 Å². The van der Waals surface area contributed by atoms with E-state index in [9.17, 15) is 0 Å². The van der Waals surface area contributed by atoms with E-state index >= 15 is 0 Å². The third-order valence-corrected chi connectivity index (χ3v) is 5.65. The van der Waals surface area contributed by atoms with Crippen molar-refractivity contribution >= 4 is 35.4 Å². The molecule has 0 bridgehead atoms. The largest absolute Gasteiger partial charge is 0.378 e. The highest BCUT2D eigenvalue weighted by Gasteiger charge is 2.20. The van der Waals surface area contributed by atoms with Crippen molar-refractivity contribution in [3.05, 3.63) is 47.9 Å². The number of thiol groups is 1. The number of anilines is 1. The minimum atomic E-state index is 0.606. The van der Waals surface area contributed by atoms with Gasteiger partial charge in [-0.05, 0) is 25.0 Å². The van der Waals surface area contributed by atoms with Gasteiger partial charge in [-0.3, -0.25) is 5.10 Å². The third-order valence-electron chi connectivity index (χ3n) is 5.23. The monoisotopic (exact) mass is 461 g/mol. The minimum Gasteiger partial charge on any atom is -0.378 e. The van der Waals surface area contributed by atoms with Crippen molar-refractivity contribution < 1.29 is 4.74 Å². The van der Waals surface area contributed by atoms with Crippen LogP contribution in [0.3, 0.4) is 0 Å². The van der Waals surface area contributed by atoms with Gasteiger partial charge in [0.05, 0.1) is 41.2 Å². The molecule has 0 atom stereocenters. The van der Waals surface area contributed by atoms with E-state index in [1.54, 1.807) is 13.2 Å². The van der Waals surface area contributed by atoms with E-state index in [2.05, 4.69) is 37.7 Å². The summed E-state index contributed by atoms with van der Waals surface area (Å²) in [4.78, 5) is 12.7. The topological polar surface area (TPSA) is 91.0 Å². The Morgan fingerprint density at radius 2 is 2.15 bits per heavy atom. The first-order valence-electron chi connectivity index (χ1n) is 10.8. The normalized spacial score (nSPS) is 14.4. The van der Waals surface area contributed by atoms with Gasteiger partial charge in [-0.25, -0.2) is 9.97 Å². The summed E-state index contributed by atoms with van der Waals surface area (Å²) in [5.74, 6) is 4.47. The zero-order chi connectivity index (χ0) is 23.0. The van der Waals surface area contributed by atoms with Gasteiger partial charge in [0.1, 0.15) is 5.82 Å². The number of morpholine rings is 1. The second-order valence-corrected chi connectivity index (χ2v) is 7.77. The number of allylic oxidation sites excluding steroid dienone is 2. The molecule has 0 saturated carbocycles. The fourth-order valence-electron chi connectivity index (χ4n) is 3.54. The maximum Gasteiger partial charge on any atom is 0.162 e. The number of hydrogen-bond acceptors (Lipinski definition) is 8. The summed E-state index contributed by atoms with van der Waals surface area (Å²) in [6.07, 6.45) is 7.73. The Bertz CT molecular complexity index is 1230.